The molecule has 0 atom stereocenters. The van der Waals surface area contributed by atoms with Crippen LogP contribution >= 0.6 is 0 Å². The Balaban J connectivity index is 1.82. The van der Waals surface area contributed by atoms with Crippen molar-refractivity contribution in [3.63, 3.8) is 0 Å². The van der Waals surface area contributed by atoms with E-state index in [-0.39, 0.29) is 17.5 Å². The zero-order valence-electron chi connectivity index (χ0n) is 12.5. The van der Waals surface area contributed by atoms with Gasteiger partial charge >= 0.3 is 0 Å². The van der Waals surface area contributed by atoms with Crippen LogP contribution in [0.4, 0.5) is 11.4 Å². The number of aromatic nitrogens is 3. The summed E-state index contributed by atoms with van der Waals surface area (Å²) in [6.07, 6.45) is 2.76. The van der Waals surface area contributed by atoms with Gasteiger partial charge in [0.2, 0.25) is 5.91 Å². The van der Waals surface area contributed by atoms with E-state index in [2.05, 4.69) is 15.6 Å². The number of hydrogen-bond acceptors (Lipinski definition) is 4. The van der Waals surface area contributed by atoms with Crippen LogP contribution in [-0.2, 0) is 18.3 Å². The third-order valence-electron chi connectivity index (χ3n) is 3.69. The number of aryl methyl sites for hydroxylation is 2. The maximum absolute atomic E-state index is 12.1. The van der Waals surface area contributed by atoms with E-state index >= 15 is 0 Å². The number of hydrogen-bond donors (Lipinski definition) is 1. The summed E-state index contributed by atoms with van der Waals surface area (Å²) < 4.78 is 1.48. The lowest BCUT2D eigenvalue weighted by atomic mass is 10.0. The number of nitrogens with zero attached hydrogens (tertiary/aromatic N) is 4. The van der Waals surface area contributed by atoms with Gasteiger partial charge < -0.3 is 10.2 Å². The van der Waals surface area contributed by atoms with Crippen molar-refractivity contribution in [3.05, 3.63) is 35.7 Å². The molecule has 22 heavy (non-hydrogen) atoms. The van der Waals surface area contributed by atoms with Gasteiger partial charge in [-0.25, -0.2) is 0 Å². The molecule has 2 heterocycles. The van der Waals surface area contributed by atoms with E-state index in [0.717, 1.165) is 11.3 Å². The van der Waals surface area contributed by atoms with E-state index in [1.54, 1.807) is 24.2 Å². The molecule has 2 amide bonds. The molecule has 0 saturated carbocycles. The monoisotopic (exact) mass is 299 g/mol. The first-order valence-electron chi connectivity index (χ1n) is 7.19. The molecule has 0 unspecified atom stereocenters. The lowest BCUT2D eigenvalue weighted by Crippen LogP contribution is -2.34. The number of nitrogens with one attached hydrogen (secondary N) is 1. The minimum absolute atomic E-state index is 0.145. The zero-order chi connectivity index (χ0) is 15.7. The van der Waals surface area contributed by atoms with Crippen LogP contribution < -0.4 is 10.2 Å². The molecular weight excluding hydrogens is 282 g/mol. The standard InChI is InChI=1S/C15H17N5O2/c1-3-20-13-6-5-11(8-10(13)4-7-14(20)21)16-15(22)12-9-19(2)18-17-12/h5-6,8-9H,3-4,7H2,1-2H3,(H,16,22). The predicted octanol–water partition coefficient (Wildman–Crippen LogP) is 1.37. The van der Waals surface area contributed by atoms with Crippen molar-refractivity contribution in [2.24, 2.45) is 7.05 Å². The third kappa shape index (κ3) is 2.57. The van der Waals surface area contributed by atoms with Gasteiger partial charge in [0.1, 0.15) is 0 Å². The zero-order valence-corrected chi connectivity index (χ0v) is 12.5. The molecule has 0 radical (unpaired) electrons. The van der Waals surface area contributed by atoms with Crippen molar-refractivity contribution >= 4 is 23.2 Å². The Morgan fingerprint density at radius 3 is 2.86 bits per heavy atom. The number of rotatable bonds is 3. The second-order valence-corrected chi connectivity index (χ2v) is 5.21. The van der Waals surface area contributed by atoms with Crippen molar-refractivity contribution in [2.75, 3.05) is 16.8 Å². The van der Waals surface area contributed by atoms with Gasteiger partial charge in [-0.2, -0.15) is 0 Å². The van der Waals surface area contributed by atoms with Crippen LogP contribution in [0.2, 0.25) is 0 Å². The average Bonchev–Trinajstić information content (AvgIpc) is 2.94. The fraction of sp³-hybridized carbons (Fsp3) is 0.333. The van der Waals surface area contributed by atoms with Crippen molar-refractivity contribution in [1.82, 2.24) is 15.0 Å². The summed E-state index contributed by atoms with van der Waals surface area (Å²) in [5.74, 6) is -0.154. The second kappa shape index (κ2) is 5.59. The van der Waals surface area contributed by atoms with Crippen LogP contribution in [-0.4, -0.2) is 33.4 Å². The Bertz CT molecular complexity index is 737. The van der Waals surface area contributed by atoms with Crippen LogP contribution in [0.3, 0.4) is 0 Å². The summed E-state index contributed by atoms with van der Waals surface area (Å²) in [4.78, 5) is 25.7. The Morgan fingerprint density at radius 2 is 2.18 bits per heavy atom. The number of carbonyl (C=O) groups excluding carboxylic acids is 2. The van der Waals surface area contributed by atoms with Crippen LogP contribution in [0.25, 0.3) is 0 Å². The number of fused-ring (bicyclic) bond motifs is 1. The van der Waals surface area contributed by atoms with Crippen molar-refractivity contribution in [2.45, 2.75) is 19.8 Å². The smallest absolute Gasteiger partial charge is 0.277 e. The van der Waals surface area contributed by atoms with Crippen LogP contribution in [0, 0.1) is 0 Å². The Labute approximate surface area is 127 Å². The minimum atomic E-state index is -0.299. The Kier molecular flexibility index (Phi) is 3.62. The van der Waals surface area contributed by atoms with Gasteiger partial charge in [-0.1, -0.05) is 5.21 Å². The van der Waals surface area contributed by atoms with Crippen LogP contribution in [0.15, 0.2) is 24.4 Å². The third-order valence-corrected chi connectivity index (χ3v) is 3.69. The van der Waals surface area contributed by atoms with Gasteiger partial charge in [0.05, 0.1) is 6.20 Å². The average molecular weight is 299 g/mol. The maximum atomic E-state index is 12.1. The van der Waals surface area contributed by atoms with Gasteiger partial charge in [-0.15, -0.1) is 5.10 Å². The fourth-order valence-corrected chi connectivity index (χ4v) is 2.63. The molecule has 0 spiro atoms. The minimum Gasteiger partial charge on any atom is -0.321 e. The SMILES string of the molecule is CCN1C(=O)CCc2cc(NC(=O)c3cn(C)nn3)ccc21. The molecule has 7 heteroatoms. The van der Waals surface area contributed by atoms with E-state index in [9.17, 15) is 9.59 Å². The summed E-state index contributed by atoms with van der Waals surface area (Å²) in [6.45, 7) is 2.61. The molecule has 0 fully saturated rings. The van der Waals surface area contributed by atoms with Crippen LogP contribution in [0.1, 0.15) is 29.4 Å². The summed E-state index contributed by atoms with van der Waals surface area (Å²) in [6, 6.07) is 5.59. The van der Waals surface area contributed by atoms with Gasteiger partial charge in [0, 0.05) is 31.4 Å². The Hall–Kier alpha value is -2.70. The highest BCUT2D eigenvalue weighted by Gasteiger charge is 2.23. The van der Waals surface area contributed by atoms with Crippen molar-refractivity contribution in [1.29, 1.82) is 0 Å². The number of benzene rings is 1. The van der Waals surface area contributed by atoms with Crippen LogP contribution in [0.5, 0.6) is 0 Å². The lowest BCUT2D eigenvalue weighted by Gasteiger charge is -2.28. The highest BCUT2D eigenvalue weighted by Crippen LogP contribution is 2.30. The summed E-state index contributed by atoms with van der Waals surface area (Å²) in [5, 5.41) is 10.3. The van der Waals surface area contributed by atoms with Gasteiger partial charge in [0.25, 0.3) is 5.91 Å². The molecule has 1 aliphatic rings. The molecule has 1 aliphatic heterocycles. The van der Waals surface area contributed by atoms with E-state index in [1.807, 2.05) is 19.1 Å². The normalized spacial score (nSPS) is 13.9. The number of anilines is 2. The van der Waals surface area contributed by atoms with E-state index in [0.29, 0.717) is 25.1 Å². The van der Waals surface area contributed by atoms with Gasteiger partial charge in [-0.05, 0) is 37.1 Å². The molecule has 0 saturated heterocycles. The predicted molar refractivity (Wildman–Crippen MR) is 81.7 cm³/mol. The first-order valence-corrected chi connectivity index (χ1v) is 7.19. The second-order valence-electron chi connectivity index (χ2n) is 5.21. The molecule has 7 nitrogen and oxygen atoms in total. The fourth-order valence-electron chi connectivity index (χ4n) is 2.63. The maximum Gasteiger partial charge on any atom is 0.277 e. The van der Waals surface area contributed by atoms with Crippen molar-refractivity contribution < 1.29 is 9.59 Å². The van der Waals surface area contributed by atoms with Gasteiger partial charge in [-0.3, -0.25) is 14.3 Å². The van der Waals surface area contributed by atoms with Gasteiger partial charge in [0.15, 0.2) is 5.69 Å². The first-order chi connectivity index (χ1) is 10.6. The van der Waals surface area contributed by atoms with Crippen molar-refractivity contribution in [3.8, 4) is 0 Å². The lowest BCUT2D eigenvalue weighted by molar-refractivity contribution is -0.118. The molecule has 0 bridgehead atoms. The van der Waals surface area contributed by atoms with E-state index < -0.39 is 0 Å². The largest absolute Gasteiger partial charge is 0.321 e. The van der Waals surface area contributed by atoms with E-state index in [1.165, 1.54) is 4.68 Å². The number of carbonyl (C=O) groups is 2. The molecule has 1 aromatic carbocycles. The first kappa shape index (κ1) is 14.2. The molecular formula is C15H17N5O2. The molecule has 1 aromatic heterocycles. The molecule has 0 aliphatic carbocycles. The highest BCUT2D eigenvalue weighted by molar-refractivity contribution is 6.03. The summed E-state index contributed by atoms with van der Waals surface area (Å²) >= 11 is 0. The summed E-state index contributed by atoms with van der Waals surface area (Å²) in [5.41, 5.74) is 2.96. The quantitative estimate of drug-likeness (QED) is 0.928. The summed E-state index contributed by atoms with van der Waals surface area (Å²) in [7, 11) is 1.71. The molecule has 3 rings (SSSR count). The number of amides is 2. The highest BCUT2D eigenvalue weighted by atomic mass is 16.2. The van der Waals surface area contributed by atoms with E-state index in [4.69, 9.17) is 0 Å². The Morgan fingerprint density at radius 1 is 1.36 bits per heavy atom. The topological polar surface area (TPSA) is 80.1 Å². The molecule has 114 valence electrons. The molecule has 1 N–H and O–H groups in total. The molecule has 2 aromatic rings.